The van der Waals surface area contributed by atoms with Gasteiger partial charge in [-0.15, -0.1) is 0 Å². The molecule has 0 aromatic heterocycles. The molecular weight excluding hydrogens is 300 g/mol. The van der Waals surface area contributed by atoms with Crippen LogP contribution in [0.2, 0.25) is 5.54 Å². The smallest absolute Gasteiger partial charge is 0.377 e. The molecular formula is C16H34O5Si. The molecule has 132 valence electrons. The minimum Gasteiger partial charge on any atom is -0.377 e. The standard InChI is InChI=1S/C16H34O5Si/c1-7-8-9-10-16(13(2)20-11-15-12-21-15)14(3)22(17-4,18-5)19-6/h13-16H,7-12H2,1-6H3. The Morgan fingerprint density at radius 3 is 2.14 bits per heavy atom. The van der Waals surface area contributed by atoms with Gasteiger partial charge in [0, 0.05) is 26.9 Å². The van der Waals surface area contributed by atoms with E-state index in [0.29, 0.717) is 18.6 Å². The average molecular weight is 335 g/mol. The molecule has 0 spiro atoms. The Balaban J connectivity index is 2.71. The minimum absolute atomic E-state index is 0.142. The maximum atomic E-state index is 6.04. The normalized spacial score (nSPS) is 22.4. The summed E-state index contributed by atoms with van der Waals surface area (Å²) in [4.78, 5) is 0. The number of hydrogen-bond donors (Lipinski definition) is 0. The molecule has 4 atom stereocenters. The van der Waals surface area contributed by atoms with Crippen molar-refractivity contribution >= 4 is 8.80 Å². The van der Waals surface area contributed by atoms with Crippen LogP contribution in [0.4, 0.5) is 0 Å². The number of ether oxygens (including phenoxy) is 2. The molecule has 0 radical (unpaired) electrons. The van der Waals surface area contributed by atoms with Gasteiger partial charge in [0.05, 0.1) is 19.3 Å². The average Bonchev–Trinajstić information content (AvgIpc) is 3.35. The van der Waals surface area contributed by atoms with Crippen molar-refractivity contribution in [1.82, 2.24) is 0 Å². The van der Waals surface area contributed by atoms with Gasteiger partial charge in [-0.05, 0) is 19.3 Å². The summed E-state index contributed by atoms with van der Waals surface area (Å²) in [7, 11) is 2.39. The fourth-order valence-electron chi connectivity index (χ4n) is 3.14. The lowest BCUT2D eigenvalue weighted by molar-refractivity contribution is 0.000177. The van der Waals surface area contributed by atoms with Gasteiger partial charge in [-0.1, -0.05) is 33.1 Å². The summed E-state index contributed by atoms with van der Waals surface area (Å²) in [5.41, 5.74) is 0.194. The third-order valence-corrected chi connectivity index (χ3v) is 8.00. The molecule has 1 heterocycles. The van der Waals surface area contributed by atoms with Gasteiger partial charge in [0.15, 0.2) is 0 Å². The van der Waals surface area contributed by atoms with E-state index in [1.54, 1.807) is 21.3 Å². The molecule has 0 aromatic rings. The van der Waals surface area contributed by atoms with Crippen LogP contribution in [0.15, 0.2) is 0 Å². The van der Waals surface area contributed by atoms with Crippen molar-refractivity contribution in [3.05, 3.63) is 0 Å². The topological polar surface area (TPSA) is 49.5 Å². The van der Waals surface area contributed by atoms with Crippen molar-refractivity contribution in [1.29, 1.82) is 0 Å². The van der Waals surface area contributed by atoms with Gasteiger partial charge in [-0.3, -0.25) is 0 Å². The van der Waals surface area contributed by atoms with Gasteiger partial charge in [0.2, 0.25) is 0 Å². The fraction of sp³-hybridized carbons (Fsp3) is 1.00. The van der Waals surface area contributed by atoms with E-state index in [4.69, 9.17) is 22.8 Å². The Morgan fingerprint density at radius 1 is 1.09 bits per heavy atom. The van der Waals surface area contributed by atoms with Crippen LogP contribution in [0, 0.1) is 5.92 Å². The molecule has 0 bridgehead atoms. The van der Waals surface area contributed by atoms with Gasteiger partial charge >= 0.3 is 8.80 Å². The van der Waals surface area contributed by atoms with Crippen LogP contribution in [0.3, 0.4) is 0 Å². The molecule has 1 saturated heterocycles. The van der Waals surface area contributed by atoms with Gasteiger partial charge in [0.1, 0.15) is 6.10 Å². The molecule has 0 N–H and O–H groups in total. The summed E-state index contributed by atoms with van der Waals surface area (Å²) >= 11 is 0. The molecule has 1 rings (SSSR count). The van der Waals surface area contributed by atoms with E-state index in [1.807, 2.05) is 0 Å². The van der Waals surface area contributed by atoms with Crippen LogP contribution < -0.4 is 0 Å². The van der Waals surface area contributed by atoms with E-state index in [1.165, 1.54) is 19.3 Å². The van der Waals surface area contributed by atoms with Crippen molar-refractivity contribution in [3.63, 3.8) is 0 Å². The van der Waals surface area contributed by atoms with E-state index < -0.39 is 8.80 Å². The van der Waals surface area contributed by atoms with Gasteiger partial charge in [-0.2, -0.15) is 0 Å². The van der Waals surface area contributed by atoms with Crippen LogP contribution in [0.1, 0.15) is 46.5 Å². The third kappa shape index (κ3) is 5.58. The molecule has 0 aliphatic carbocycles. The van der Waals surface area contributed by atoms with E-state index in [-0.39, 0.29) is 11.6 Å². The second-order valence-corrected chi connectivity index (χ2v) is 9.50. The summed E-state index contributed by atoms with van der Waals surface area (Å²) < 4.78 is 28.3. The van der Waals surface area contributed by atoms with E-state index in [9.17, 15) is 0 Å². The van der Waals surface area contributed by atoms with Crippen molar-refractivity contribution in [2.75, 3.05) is 34.5 Å². The summed E-state index contributed by atoms with van der Waals surface area (Å²) in [5.74, 6) is 0.358. The Bertz CT molecular complexity index is 286. The number of rotatable bonds is 13. The molecule has 0 amide bonds. The van der Waals surface area contributed by atoms with Crippen molar-refractivity contribution in [3.8, 4) is 0 Å². The maximum absolute atomic E-state index is 6.04. The van der Waals surface area contributed by atoms with E-state index in [2.05, 4.69) is 20.8 Å². The zero-order valence-corrected chi connectivity index (χ0v) is 16.1. The molecule has 1 aliphatic rings. The molecule has 6 heteroatoms. The van der Waals surface area contributed by atoms with Crippen molar-refractivity contribution in [2.45, 2.75) is 64.2 Å². The summed E-state index contributed by atoms with van der Waals surface area (Å²) in [6, 6.07) is 0. The zero-order chi connectivity index (χ0) is 16.6. The molecule has 0 saturated carbocycles. The molecule has 22 heavy (non-hydrogen) atoms. The molecule has 1 aliphatic heterocycles. The Hall–Kier alpha value is 0.0169. The van der Waals surface area contributed by atoms with Gasteiger partial charge < -0.3 is 22.8 Å². The third-order valence-electron chi connectivity index (χ3n) is 4.74. The van der Waals surface area contributed by atoms with Gasteiger partial charge in [-0.25, -0.2) is 0 Å². The van der Waals surface area contributed by atoms with Crippen molar-refractivity contribution < 1.29 is 22.8 Å². The highest BCUT2D eigenvalue weighted by molar-refractivity contribution is 6.62. The van der Waals surface area contributed by atoms with E-state index in [0.717, 1.165) is 13.0 Å². The summed E-state index contributed by atoms with van der Waals surface area (Å²) in [5, 5.41) is 0. The fourth-order valence-corrected chi connectivity index (χ4v) is 5.72. The number of unbranched alkanes of at least 4 members (excludes halogenated alkanes) is 2. The van der Waals surface area contributed by atoms with Crippen LogP contribution in [-0.4, -0.2) is 55.6 Å². The summed E-state index contributed by atoms with van der Waals surface area (Å²) in [6.45, 7) is 8.05. The quantitative estimate of drug-likeness (QED) is 0.294. The van der Waals surface area contributed by atoms with Crippen LogP contribution in [0.25, 0.3) is 0 Å². The molecule has 5 nitrogen and oxygen atoms in total. The first-order chi connectivity index (χ1) is 10.5. The first-order valence-electron chi connectivity index (χ1n) is 8.43. The first-order valence-corrected chi connectivity index (χ1v) is 10.2. The van der Waals surface area contributed by atoms with E-state index >= 15 is 0 Å². The second-order valence-electron chi connectivity index (χ2n) is 6.16. The lowest BCUT2D eigenvalue weighted by Gasteiger charge is -2.37. The Kier molecular flexibility index (Phi) is 9.12. The van der Waals surface area contributed by atoms with Crippen LogP contribution in [-0.2, 0) is 22.8 Å². The van der Waals surface area contributed by atoms with Crippen LogP contribution in [0.5, 0.6) is 0 Å². The highest BCUT2D eigenvalue weighted by Gasteiger charge is 2.49. The Labute approximate surface area is 137 Å². The molecule has 1 fully saturated rings. The summed E-state index contributed by atoms with van der Waals surface area (Å²) in [6.07, 6.45) is 5.19. The second kappa shape index (κ2) is 10.0. The lowest BCUT2D eigenvalue weighted by atomic mass is 9.93. The lowest BCUT2D eigenvalue weighted by Crippen LogP contribution is -2.51. The van der Waals surface area contributed by atoms with Crippen molar-refractivity contribution in [2.24, 2.45) is 5.92 Å². The van der Waals surface area contributed by atoms with Gasteiger partial charge in [0.25, 0.3) is 0 Å². The Morgan fingerprint density at radius 2 is 1.68 bits per heavy atom. The largest absolute Gasteiger partial charge is 0.503 e. The number of hydrogen-bond acceptors (Lipinski definition) is 5. The predicted octanol–water partition coefficient (Wildman–Crippen LogP) is 3.26. The van der Waals surface area contributed by atoms with Crippen LogP contribution >= 0.6 is 0 Å². The monoisotopic (exact) mass is 334 g/mol. The minimum atomic E-state index is -2.66. The predicted molar refractivity (Wildman–Crippen MR) is 89.0 cm³/mol. The molecule has 4 unspecified atom stereocenters. The highest BCUT2D eigenvalue weighted by Crippen LogP contribution is 2.37. The zero-order valence-electron chi connectivity index (χ0n) is 15.1. The first kappa shape index (κ1) is 20.1. The maximum Gasteiger partial charge on any atom is 0.503 e. The molecule has 0 aromatic carbocycles. The highest BCUT2D eigenvalue weighted by atomic mass is 28.4. The number of epoxide rings is 1. The SMILES string of the molecule is CCCCCC(C(C)OCC1CO1)C(C)[Si](OC)(OC)OC.